The van der Waals surface area contributed by atoms with E-state index in [0.717, 1.165) is 12.5 Å². The van der Waals surface area contributed by atoms with Gasteiger partial charge < -0.3 is 5.32 Å². The molecule has 0 spiro atoms. The molecule has 92 valence electrons. The van der Waals surface area contributed by atoms with Crippen LogP contribution in [-0.4, -0.2) is 36.6 Å². The first-order valence-corrected chi connectivity index (χ1v) is 6.69. The minimum absolute atomic E-state index is 0.279. The smallest absolute Gasteiger partial charge is 0.0252 e. The van der Waals surface area contributed by atoms with Gasteiger partial charge in [-0.3, -0.25) is 4.90 Å². The van der Waals surface area contributed by atoms with Crippen molar-refractivity contribution in [3.05, 3.63) is 35.4 Å². The van der Waals surface area contributed by atoms with E-state index in [1.165, 1.54) is 26.1 Å². The lowest BCUT2D eigenvalue weighted by Crippen LogP contribution is -2.57. The second-order valence-corrected chi connectivity index (χ2v) is 6.15. The Kier molecular flexibility index (Phi) is 2.72. The van der Waals surface area contributed by atoms with Crippen LogP contribution in [0.4, 0.5) is 0 Å². The highest BCUT2D eigenvalue weighted by Crippen LogP contribution is 2.35. The van der Waals surface area contributed by atoms with Crippen LogP contribution in [0.1, 0.15) is 30.9 Å². The molecule has 0 bridgehead atoms. The Labute approximate surface area is 104 Å². The van der Waals surface area contributed by atoms with Crippen LogP contribution < -0.4 is 5.32 Å². The molecule has 0 saturated carbocycles. The summed E-state index contributed by atoms with van der Waals surface area (Å²) in [5.74, 6) is 0.778. The Morgan fingerprint density at radius 2 is 2.18 bits per heavy atom. The molecule has 0 amide bonds. The molecule has 1 aromatic carbocycles. The van der Waals surface area contributed by atoms with E-state index in [1.54, 1.807) is 11.1 Å². The summed E-state index contributed by atoms with van der Waals surface area (Å²) in [4.78, 5) is 2.62. The van der Waals surface area contributed by atoms with E-state index in [0.29, 0.717) is 0 Å². The number of nitrogens with one attached hydrogen (secondary N) is 1. The van der Waals surface area contributed by atoms with Gasteiger partial charge in [-0.25, -0.2) is 0 Å². The molecule has 1 N–H and O–H groups in total. The third-order valence-electron chi connectivity index (χ3n) is 4.09. The van der Waals surface area contributed by atoms with E-state index >= 15 is 0 Å². The number of hydrogen-bond acceptors (Lipinski definition) is 2. The largest absolute Gasteiger partial charge is 0.309 e. The molecule has 1 aromatic rings. The summed E-state index contributed by atoms with van der Waals surface area (Å²) in [7, 11) is 0. The first-order valence-electron chi connectivity index (χ1n) is 6.69. The van der Waals surface area contributed by atoms with E-state index in [-0.39, 0.29) is 5.54 Å². The molecule has 3 rings (SSSR count). The van der Waals surface area contributed by atoms with Crippen molar-refractivity contribution in [2.75, 3.05) is 26.2 Å². The molecule has 0 radical (unpaired) electrons. The summed E-state index contributed by atoms with van der Waals surface area (Å²) in [6.45, 7) is 9.33. The number of fused-ring (bicyclic) bond motifs is 1. The minimum Gasteiger partial charge on any atom is -0.309 e. The maximum Gasteiger partial charge on any atom is 0.0252 e. The van der Waals surface area contributed by atoms with Gasteiger partial charge in [0.15, 0.2) is 0 Å². The van der Waals surface area contributed by atoms with Gasteiger partial charge in [-0.15, -0.1) is 0 Å². The van der Waals surface area contributed by atoms with Crippen LogP contribution in [0, 0.1) is 0 Å². The zero-order chi connectivity index (χ0) is 11.9. The number of hydrogen-bond donors (Lipinski definition) is 1. The second kappa shape index (κ2) is 4.11. The zero-order valence-electron chi connectivity index (χ0n) is 10.9. The molecule has 2 nitrogen and oxygen atoms in total. The van der Waals surface area contributed by atoms with Gasteiger partial charge >= 0.3 is 0 Å². The van der Waals surface area contributed by atoms with E-state index in [1.807, 2.05) is 0 Å². The van der Waals surface area contributed by atoms with Crippen molar-refractivity contribution in [3.8, 4) is 0 Å². The molecule has 1 aliphatic heterocycles. The van der Waals surface area contributed by atoms with Gasteiger partial charge in [0.1, 0.15) is 0 Å². The molecule has 2 aliphatic rings. The molecule has 2 heteroatoms. The molecule has 1 aliphatic carbocycles. The first kappa shape index (κ1) is 11.2. The Bertz CT molecular complexity index is 411. The van der Waals surface area contributed by atoms with Crippen molar-refractivity contribution in [2.24, 2.45) is 0 Å². The van der Waals surface area contributed by atoms with Crippen LogP contribution in [0.2, 0.25) is 0 Å². The number of benzene rings is 1. The molecule has 1 atom stereocenters. The van der Waals surface area contributed by atoms with Gasteiger partial charge in [0.25, 0.3) is 0 Å². The predicted octanol–water partition coefficient (Wildman–Crippen LogP) is 2.01. The number of piperazine rings is 1. The van der Waals surface area contributed by atoms with Gasteiger partial charge in [-0.05, 0) is 31.4 Å². The van der Waals surface area contributed by atoms with E-state index in [9.17, 15) is 0 Å². The fourth-order valence-corrected chi connectivity index (χ4v) is 3.24. The van der Waals surface area contributed by atoms with Crippen molar-refractivity contribution in [3.63, 3.8) is 0 Å². The highest BCUT2D eigenvalue weighted by molar-refractivity contribution is 5.40. The first-order chi connectivity index (χ1) is 8.14. The average molecular weight is 230 g/mol. The number of rotatable bonds is 2. The average Bonchev–Trinajstić information content (AvgIpc) is 2.25. The zero-order valence-corrected chi connectivity index (χ0v) is 10.9. The van der Waals surface area contributed by atoms with Crippen molar-refractivity contribution in [2.45, 2.75) is 31.7 Å². The monoisotopic (exact) mass is 230 g/mol. The van der Waals surface area contributed by atoms with Gasteiger partial charge in [0.05, 0.1) is 0 Å². The molecule has 1 heterocycles. The van der Waals surface area contributed by atoms with Crippen LogP contribution in [0.3, 0.4) is 0 Å². The van der Waals surface area contributed by atoms with Crippen LogP contribution in [0.5, 0.6) is 0 Å². The fraction of sp³-hybridized carbons (Fsp3) is 0.600. The van der Waals surface area contributed by atoms with Crippen LogP contribution in [0.15, 0.2) is 24.3 Å². The van der Waals surface area contributed by atoms with E-state index < -0.39 is 0 Å². The molecule has 1 saturated heterocycles. The summed E-state index contributed by atoms with van der Waals surface area (Å²) in [6, 6.07) is 8.90. The Morgan fingerprint density at radius 3 is 2.94 bits per heavy atom. The summed E-state index contributed by atoms with van der Waals surface area (Å²) in [6.07, 6.45) is 1.28. The molecular weight excluding hydrogens is 208 g/mol. The third-order valence-corrected chi connectivity index (χ3v) is 4.09. The summed E-state index contributed by atoms with van der Waals surface area (Å²) < 4.78 is 0. The van der Waals surface area contributed by atoms with Crippen molar-refractivity contribution in [1.29, 1.82) is 0 Å². The van der Waals surface area contributed by atoms with Gasteiger partial charge in [-0.1, -0.05) is 24.3 Å². The van der Waals surface area contributed by atoms with Crippen LogP contribution in [0.25, 0.3) is 0 Å². The molecule has 17 heavy (non-hydrogen) atoms. The molecule has 1 fully saturated rings. The fourth-order valence-electron chi connectivity index (χ4n) is 3.24. The normalized spacial score (nSPS) is 27.3. The minimum atomic E-state index is 0.279. The molecular formula is C15H22N2. The van der Waals surface area contributed by atoms with Crippen molar-refractivity contribution < 1.29 is 0 Å². The highest BCUT2D eigenvalue weighted by atomic mass is 15.2. The third kappa shape index (κ3) is 2.24. The highest BCUT2D eigenvalue weighted by Gasteiger charge is 2.31. The SMILES string of the molecule is CC1(C)CN(CC2Cc3ccccc32)CCN1. The molecule has 1 unspecified atom stereocenters. The molecule has 0 aromatic heterocycles. The van der Waals surface area contributed by atoms with E-state index in [2.05, 4.69) is 48.3 Å². The van der Waals surface area contributed by atoms with Gasteiger partial charge in [-0.2, -0.15) is 0 Å². The quantitative estimate of drug-likeness (QED) is 0.836. The Balaban J connectivity index is 1.62. The predicted molar refractivity (Wildman–Crippen MR) is 71.4 cm³/mol. The lowest BCUT2D eigenvalue weighted by Gasteiger charge is -2.42. The van der Waals surface area contributed by atoms with Crippen molar-refractivity contribution in [1.82, 2.24) is 10.2 Å². The lowest BCUT2D eigenvalue weighted by molar-refractivity contribution is 0.144. The van der Waals surface area contributed by atoms with E-state index in [4.69, 9.17) is 0 Å². The summed E-state index contributed by atoms with van der Waals surface area (Å²) >= 11 is 0. The van der Waals surface area contributed by atoms with Crippen molar-refractivity contribution >= 4 is 0 Å². The standard InChI is InChI=1S/C15H22N2/c1-15(2)11-17(8-7-16-15)10-13-9-12-5-3-4-6-14(12)13/h3-6,13,16H,7-11H2,1-2H3. The number of nitrogens with zero attached hydrogens (tertiary/aromatic N) is 1. The Hall–Kier alpha value is -0.860. The van der Waals surface area contributed by atoms with Gasteiger partial charge in [0, 0.05) is 37.6 Å². The topological polar surface area (TPSA) is 15.3 Å². The Morgan fingerprint density at radius 1 is 1.35 bits per heavy atom. The van der Waals surface area contributed by atoms with Gasteiger partial charge in [0.2, 0.25) is 0 Å². The second-order valence-electron chi connectivity index (χ2n) is 6.15. The summed E-state index contributed by atoms with van der Waals surface area (Å²) in [5.41, 5.74) is 3.43. The lowest BCUT2D eigenvalue weighted by atomic mass is 9.77. The summed E-state index contributed by atoms with van der Waals surface area (Å²) in [5, 5.41) is 3.58. The van der Waals surface area contributed by atoms with Crippen LogP contribution >= 0.6 is 0 Å². The maximum absolute atomic E-state index is 3.58. The maximum atomic E-state index is 3.58. The van der Waals surface area contributed by atoms with Crippen LogP contribution in [-0.2, 0) is 6.42 Å².